The molecule has 168 valence electrons. The number of halogens is 1. The van der Waals surface area contributed by atoms with Crippen LogP contribution in [-0.4, -0.2) is 51.9 Å². The van der Waals surface area contributed by atoms with Gasteiger partial charge in [-0.1, -0.05) is 42.3 Å². The molecule has 1 saturated heterocycles. The average Bonchev–Trinajstić information content (AvgIpc) is 2.78. The predicted molar refractivity (Wildman–Crippen MR) is 125 cm³/mol. The SMILES string of the molecule is Cc1ccc(Cl)cc1N(CC(=O)NCCCN1CCCCC1)S(=O)(=O)c1ccccc1. The molecular weight excluding hydrogens is 434 g/mol. The van der Waals surface area contributed by atoms with Gasteiger partial charge in [-0.25, -0.2) is 8.42 Å². The summed E-state index contributed by atoms with van der Waals surface area (Å²) in [4.78, 5) is 15.2. The number of anilines is 1. The molecule has 0 bridgehead atoms. The molecule has 1 heterocycles. The van der Waals surface area contributed by atoms with E-state index in [1.165, 1.54) is 31.4 Å². The number of aryl methyl sites for hydroxylation is 1. The number of piperidine rings is 1. The fourth-order valence-corrected chi connectivity index (χ4v) is 5.44. The number of nitrogens with one attached hydrogen (secondary N) is 1. The molecule has 0 spiro atoms. The highest BCUT2D eigenvalue weighted by Gasteiger charge is 2.28. The van der Waals surface area contributed by atoms with E-state index in [2.05, 4.69) is 10.2 Å². The Morgan fingerprint density at radius 2 is 1.81 bits per heavy atom. The van der Waals surface area contributed by atoms with Crippen molar-refractivity contribution in [3.05, 3.63) is 59.1 Å². The first kappa shape index (κ1) is 23.6. The molecule has 0 aromatic heterocycles. The van der Waals surface area contributed by atoms with Crippen molar-refractivity contribution >= 4 is 33.2 Å². The predicted octanol–water partition coefficient (Wildman–Crippen LogP) is 3.84. The summed E-state index contributed by atoms with van der Waals surface area (Å²) in [6.45, 7) is 5.19. The first-order chi connectivity index (χ1) is 14.9. The van der Waals surface area contributed by atoms with Crippen LogP contribution in [0.4, 0.5) is 5.69 Å². The van der Waals surface area contributed by atoms with E-state index in [1.54, 1.807) is 43.3 Å². The van der Waals surface area contributed by atoms with E-state index >= 15 is 0 Å². The van der Waals surface area contributed by atoms with Gasteiger partial charge in [0.05, 0.1) is 10.6 Å². The maximum atomic E-state index is 13.4. The Morgan fingerprint density at radius 1 is 1.10 bits per heavy atom. The standard InChI is InChI=1S/C23H30ClN3O3S/c1-19-11-12-20(24)17-22(19)27(31(29,30)21-9-4-2-5-10-21)18-23(28)25-13-8-16-26-14-6-3-7-15-26/h2,4-5,9-12,17H,3,6-8,13-16,18H2,1H3,(H,25,28). The Balaban J connectivity index is 1.71. The van der Waals surface area contributed by atoms with Crippen LogP contribution in [0.15, 0.2) is 53.4 Å². The highest BCUT2D eigenvalue weighted by Crippen LogP contribution is 2.29. The molecule has 0 saturated carbocycles. The van der Waals surface area contributed by atoms with Gasteiger partial charge in [0, 0.05) is 11.6 Å². The minimum absolute atomic E-state index is 0.132. The number of carbonyl (C=O) groups is 1. The molecular formula is C23H30ClN3O3S. The van der Waals surface area contributed by atoms with Crippen LogP contribution < -0.4 is 9.62 Å². The van der Waals surface area contributed by atoms with E-state index in [1.807, 2.05) is 0 Å². The molecule has 0 atom stereocenters. The molecule has 2 aromatic carbocycles. The van der Waals surface area contributed by atoms with Gasteiger partial charge >= 0.3 is 0 Å². The summed E-state index contributed by atoms with van der Waals surface area (Å²) < 4.78 is 27.9. The minimum Gasteiger partial charge on any atom is -0.354 e. The molecule has 6 nitrogen and oxygen atoms in total. The molecule has 2 aromatic rings. The maximum Gasteiger partial charge on any atom is 0.264 e. The van der Waals surface area contributed by atoms with Crippen LogP contribution in [0.1, 0.15) is 31.2 Å². The van der Waals surface area contributed by atoms with Gasteiger partial charge in [-0.3, -0.25) is 9.10 Å². The molecule has 1 N–H and O–H groups in total. The monoisotopic (exact) mass is 463 g/mol. The largest absolute Gasteiger partial charge is 0.354 e. The van der Waals surface area contributed by atoms with Gasteiger partial charge in [-0.05, 0) is 75.6 Å². The van der Waals surface area contributed by atoms with E-state index in [4.69, 9.17) is 11.6 Å². The number of likely N-dealkylation sites (tertiary alicyclic amines) is 1. The highest BCUT2D eigenvalue weighted by molar-refractivity contribution is 7.92. The van der Waals surface area contributed by atoms with E-state index < -0.39 is 10.0 Å². The number of nitrogens with zero attached hydrogens (tertiary/aromatic N) is 2. The molecule has 31 heavy (non-hydrogen) atoms. The number of amides is 1. The Kier molecular flexibility index (Phi) is 8.35. The lowest BCUT2D eigenvalue weighted by Gasteiger charge is -2.27. The summed E-state index contributed by atoms with van der Waals surface area (Å²) in [5.74, 6) is -0.336. The molecule has 0 radical (unpaired) electrons. The van der Waals surface area contributed by atoms with Crippen LogP contribution in [0, 0.1) is 6.92 Å². The van der Waals surface area contributed by atoms with Crippen LogP contribution in [0.2, 0.25) is 5.02 Å². The summed E-state index contributed by atoms with van der Waals surface area (Å²) >= 11 is 6.14. The molecule has 1 aliphatic rings. The lowest BCUT2D eigenvalue weighted by Crippen LogP contribution is -2.42. The van der Waals surface area contributed by atoms with Crippen LogP contribution in [0.3, 0.4) is 0 Å². The Morgan fingerprint density at radius 3 is 2.52 bits per heavy atom. The van der Waals surface area contributed by atoms with Crippen LogP contribution in [0.25, 0.3) is 0 Å². The van der Waals surface area contributed by atoms with Gasteiger partial charge in [-0.2, -0.15) is 0 Å². The lowest BCUT2D eigenvalue weighted by molar-refractivity contribution is -0.119. The number of rotatable bonds is 9. The molecule has 0 aliphatic carbocycles. The van der Waals surface area contributed by atoms with Crippen LogP contribution >= 0.6 is 11.6 Å². The van der Waals surface area contributed by atoms with E-state index in [9.17, 15) is 13.2 Å². The van der Waals surface area contributed by atoms with E-state index in [-0.39, 0.29) is 17.3 Å². The third-order valence-corrected chi connectivity index (χ3v) is 7.49. The van der Waals surface area contributed by atoms with Crippen molar-refractivity contribution < 1.29 is 13.2 Å². The highest BCUT2D eigenvalue weighted by atomic mass is 35.5. The average molecular weight is 464 g/mol. The number of hydrogen-bond acceptors (Lipinski definition) is 4. The van der Waals surface area contributed by atoms with Gasteiger partial charge < -0.3 is 10.2 Å². The van der Waals surface area contributed by atoms with Crippen molar-refractivity contribution in [1.29, 1.82) is 0 Å². The first-order valence-corrected chi connectivity index (χ1v) is 12.5. The van der Waals surface area contributed by atoms with Crippen LogP contribution in [0.5, 0.6) is 0 Å². The lowest BCUT2D eigenvalue weighted by atomic mass is 10.1. The van der Waals surface area contributed by atoms with Crippen molar-refractivity contribution in [3.8, 4) is 0 Å². The normalized spacial score (nSPS) is 14.9. The summed E-state index contributed by atoms with van der Waals surface area (Å²) in [7, 11) is -3.93. The number of hydrogen-bond donors (Lipinski definition) is 1. The van der Waals surface area contributed by atoms with Gasteiger partial charge in [-0.15, -0.1) is 0 Å². The van der Waals surface area contributed by atoms with E-state index in [0.29, 0.717) is 17.3 Å². The summed E-state index contributed by atoms with van der Waals surface area (Å²) in [5, 5.41) is 3.29. The van der Waals surface area contributed by atoms with Gasteiger partial charge in [0.2, 0.25) is 5.91 Å². The topological polar surface area (TPSA) is 69.7 Å². The third kappa shape index (κ3) is 6.45. The maximum absolute atomic E-state index is 13.4. The van der Waals surface area contributed by atoms with Gasteiger partial charge in [0.25, 0.3) is 10.0 Å². The summed E-state index contributed by atoms with van der Waals surface area (Å²) in [6.07, 6.45) is 4.60. The fraction of sp³-hybridized carbons (Fsp3) is 0.435. The molecule has 8 heteroatoms. The second-order valence-electron chi connectivity index (χ2n) is 7.86. The first-order valence-electron chi connectivity index (χ1n) is 10.7. The van der Waals surface area contributed by atoms with Crippen LogP contribution in [-0.2, 0) is 14.8 Å². The number of sulfonamides is 1. The Labute approximate surface area is 190 Å². The fourth-order valence-electron chi connectivity index (χ4n) is 3.77. The van der Waals surface area contributed by atoms with Gasteiger partial charge in [0.15, 0.2) is 0 Å². The zero-order chi connectivity index (χ0) is 22.3. The molecule has 1 fully saturated rings. The van der Waals surface area contributed by atoms with Crippen molar-refractivity contribution in [1.82, 2.24) is 10.2 Å². The van der Waals surface area contributed by atoms with E-state index in [0.717, 1.165) is 35.9 Å². The second kappa shape index (κ2) is 11.0. The quantitative estimate of drug-likeness (QED) is 0.573. The molecule has 0 unspecified atom stereocenters. The number of carbonyl (C=O) groups excluding carboxylic acids is 1. The molecule has 1 aliphatic heterocycles. The van der Waals surface area contributed by atoms with Crippen molar-refractivity contribution in [3.63, 3.8) is 0 Å². The zero-order valence-corrected chi connectivity index (χ0v) is 19.5. The summed E-state index contributed by atoms with van der Waals surface area (Å²) in [5.41, 5.74) is 1.13. The molecule has 3 rings (SSSR count). The third-order valence-electron chi connectivity index (χ3n) is 5.48. The summed E-state index contributed by atoms with van der Waals surface area (Å²) in [6, 6.07) is 13.2. The Bertz CT molecular complexity index is 977. The number of benzene rings is 2. The Hall–Kier alpha value is -2.09. The van der Waals surface area contributed by atoms with Crippen molar-refractivity contribution in [2.24, 2.45) is 0 Å². The zero-order valence-electron chi connectivity index (χ0n) is 17.9. The smallest absolute Gasteiger partial charge is 0.264 e. The van der Waals surface area contributed by atoms with Gasteiger partial charge in [0.1, 0.15) is 6.54 Å². The minimum atomic E-state index is -3.93. The second-order valence-corrected chi connectivity index (χ2v) is 10.2. The van der Waals surface area contributed by atoms with Crippen molar-refractivity contribution in [2.75, 3.05) is 37.0 Å². The molecule has 1 amide bonds. The van der Waals surface area contributed by atoms with Crippen molar-refractivity contribution in [2.45, 2.75) is 37.5 Å².